The number of ether oxygens (including phenoxy) is 1. The van der Waals surface area contributed by atoms with Crippen LogP contribution in [0.3, 0.4) is 0 Å². The Balaban J connectivity index is 2.28. The van der Waals surface area contributed by atoms with E-state index in [-0.39, 0.29) is 11.5 Å². The van der Waals surface area contributed by atoms with Crippen molar-refractivity contribution in [1.82, 2.24) is 0 Å². The predicted octanol–water partition coefficient (Wildman–Crippen LogP) is 1.61. The molecule has 0 aromatic heterocycles. The van der Waals surface area contributed by atoms with Gasteiger partial charge in [0.15, 0.2) is 11.6 Å². The van der Waals surface area contributed by atoms with Gasteiger partial charge in [-0.05, 0) is 24.5 Å². The first kappa shape index (κ1) is 10.2. The first-order chi connectivity index (χ1) is 7.04. The normalized spacial score (nSPS) is 17.5. The molecule has 1 fully saturated rings. The van der Waals surface area contributed by atoms with Crippen molar-refractivity contribution in [3.63, 3.8) is 0 Å². The van der Waals surface area contributed by atoms with Crippen molar-refractivity contribution in [3.05, 3.63) is 23.5 Å². The number of benzene rings is 1. The topological polar surface area (TPSA) is 49.7 Å². The molecular formula is C11H13FO3. The quantitative estimate of drug-likeness (QED) is 0.800. The van der Waals surface area contributed by atoms with Crippen LogP contribution in [-0.4, -0.2) is 22.9 Å². The van der Waals surface area contributed by atoms with Crippen LogP contribution < -0.4 is 4.74 Å². The number of rotatable bonds is 3. The van der Waals surface area contributed by atoms with E-state index in [1.807, 2.05) is 0 Å². The van der Waals surface area contributed by atoms with Crippen LogP contribution in [0, 0.1) is 5.82 Å². The molecule has 82 valence electrons. The Labute approximate surface area is 87.1 Å². The van der Waals surface area contributed by atoms with Crippen molar-refractivity contribution >= 4 is 0 Å². The Bertz CT molecular complexity index is 386. The van der Waals surface area contributed by atoms with Crippen LogP contribution in [0.5, 0.6) is 11.5 Å². The molecule has 2 N–H and O–H groups in total. The van der Waals surface area contributed by atoms with Gasteiger partial charge in [-0.1, -0.05) is 0 Å². The van der Waals surface area contributed by atoms with E-state index >= 15 is 0 Å². The van der Waals surface area contributed by atoms with Gasteiger partial charge in [-0.25, -0.2) is 4.39 Å². The summed E-state index contributed by atoms with van der Waals surface area (Å²) >= 11 is 0. The van der Waals surface area contributed by atoms with Crippen molar-refractivity contribution < 1.29 is 19.3 Å². The lowest BCUT2D eigenvalue weighted by Gasteiger charge is -2.11. The standard InChI is InChI=1S/C11H13FO3/c1-15-10-5-9(13)7(4-8(10)12)6-11(14)2-3-11/h4-5,13-14H,2-3,6H2,1H3. The van der Waals surface area contributed by atoms with Crippen LogP contribution in [0.15, 0.2) is 12.1 Å². The van der Waals surface area contributed by atoms with E-state index in [2.05, 4.69) is 0 Å². The van der Waals surface area contributed by atoms with Gasteiger partial charge in [-0.3, -0.25) is 0 Å². The van der Waals surface area contributed by atoms with Crippen molar-refractivity contribution in [2.75, 3.05) is 7.11 Å². The molecule has 1 aromatic rings. The maximum atomic E-state index is 13.3. The number of phenols is 1. The van der Waals surface area contributed by atoms with Gasteiger partial charge in [-0.15, -0.1) is 0 Å². The zero-order chi connectivity index (χ0) is 11.1. The molecule has 3 nitrogen and oxygen atoms in total. The average Bonchev–Trinajstić information content (AvgIpc) is 2.89. The highest BCUT2D eigenvalue weighted by Gasteiger charge is 2.40. The number of aromatic hydroxyl groups is 1. The van der Waals surface area contributed by atoms with Gasteiger partial charge in [0.2, 0.25) is 0 Å². The summed E-state index contributed by atoms with van der Waals surface area (Å²) in [7, 11) is 1.34. The summed E-state index contributed by atoms with van der Waals surface area (Å²) in [4.78, 5) is 0. The fraction of sp³-hybridized carbons (Fsp3) is 0.455. The molecule has 0 saturated heterocycles. The van der Waals surface area contributed by atoms with Crippen molar-refractivity contribution in [2.45, 2.75) is 24.9 Å². The first-order valence-electron chi connectivity index (χ1n) is 4.82. The van der Waals surface area contributed by atoms with E-state index in [0.717, 1.165) is 0 Å². The third-order valence-electron chi connectivity index (χ3n) is 2.70. The second-order valence-electron chi connectivity index (χ2n) is 4.02. The minimum atomic E-state index is -0.738. The van der Waals surface area contributed by atoms with Crippen molar-refractivity contribution in [1.29, 1.82) is 0 Å². The zero-order valence-corrected chi connectivity index (χ0v) is 8.46. The lowest BCUT2D eigenvalue weighted by molar-refractivity contribution is 0.150. The fourth-order valence-corrected chi connectivity index (χ4v) is 1.56. The van der Waals surface area contributed by atoms with E-state index in [1.165, 1.54) is 19.2 Å². The molecule has 1 aromatic carbocycles. The third-order valence-corrected chi connectivity index (χ3v) is 2.70. The Hall–Kier alpha value is -1.29. The van der Waals surface area contributed by atoms with E-state index in [0.29, 0.717) is 24.8 Å². The van der Waals surface area contributed by atoms with Crippen molar-refractivity contribution in [2.24, 2.45) is 0 Å². The number of hydrogen-bond acceptors (Lipinski definition) is 3. The summed E-state index contributed by atoms with van der Waals surface area (Å²) in [5, 5.41) is 19.2. The van der Waals surface area contributed by atoms with Gasteiger partial charge >= 0.3 is 0 Å². The molecule has 0 radical (unpaired) electrons. The summed E-state index contributed by atoms with van der Waals surface area (Å²) < 4.78 is 18.0. The lowest BCUT2D eigenvalue weighted by atomic mass is 10.0. The molecule has 4 heteroatoms. The number of hydrogen-bond donors (Lipinski definition) is 2. The lowest BCUT2D eigenvalue weighted by Crippen LogP contribution is -2.11. The van der Waals surface area contributed by atoms with Gasteiger partial charge in [0.1, 0.15) is 5.75 Å². The number of aliphatic hydroxyl groups is 1. The maximum absolute atomic E-state index is 13.3. The molecule has 15 heavy (non-hydrogen) atoms. The van der Waals surface area contributed by atoms with Gasteiger partial charge in [0.05, 0.1) is 12.7 Å². The van der Waals surface area contributed by atoms with Crippen LogP contribution in [0.4, 0.5) is 4.39 Å². The Morgan fingerprint density at radius 2 is 2.13 bits per heavy atom. The molecule has 0 unspecified atom stereocenters. The van der Waals surface area contributed by atoms with Gasteiger partial charge in [0.25, 0.3) is 0 Å². The van der Waals surface area contributed by atoms with Crippen LogP contribution in [0.25, 0.3) is 0 Å². The highest BCUT2D eigenvalue weighted by molar-refractivity contribution is 5.42. The van der Waals surface area contributed by atoms with Crippen LogP contribution in [0.2, 0.25) is 0 Å². The second kappa shape index (κ2) is 3.38. The zero-order valence-electron chi connectivity index (χ0n) is 8.46. The van der Waals surface area contributed by atoms with E-state index in [1.54, 1.807) is 0 Å². The van der Waals surface area contributed by atoms with Crippen LogP contribution >= 0.6 is 0 Å². The van der Waals surface area contributed by atoms with Crippen LogP contribution in [0.1, 0.15) is 18.4 Å². The molecule has 1 aliphatic carbocycles. The molecule has 0 heterocycles. The number of phenolic OH excluding ortho intramolecular Hbond substituents is 1. The van der Waals surface area contributed by atoms with Crippen molar-refractivity contribution in [3.8, 4) is 11.5 Å². The summed E-state index contributed by atoms with van der Waals surface area (Å²) in [6.45, 7) is 0. The SMILES string of the molecule is COc1cc(O)c(CC2(O)CC2)cc1F. The number of halogens is 1. The average molecular weight is 212 g/mol. The molecule has 0 aliphatic heterocycles. The summed E-state index contributed by atoms with van der Waals surface area (Å²) in [5.74, 6) is -0.540. The largest absolute Gasteiger partial charge is 0.508 e. The van der Waals surface area contributed by atoms with E-state index in [4.69, 9.17) is 4.74 Å². The fourth-order valence-electron chi connectivity index (χ4n) is 1.56. The number of methoxy groups -OCH3 is 1. The minimum absolute atomic E-state index is 0.0130. The second-order valence-corrected chi connectivity index (χ2v) is 4.02. The molecule has 0 amide bonds. The summed E-state index contributed by atoms with van der Waals surface area (Å²) in [5.41, 5.74) is -0.313. The Kier molecular flexibility index (Phi) is 2.31. The molecule has 1 saturated carbocycles. The summed E-state index contributed by atoms with van der Waals surface area (Å²) in [6, 6.07) is 2.45. The maximum Gasteiger partial charge on any atom is 0.165 e. The molecular weight excluding hydrogens is 199 g/mol. The molecule has 2 rings (SSSR count). The highest BCUT2D eigenvalue weighted by atomic mass is 19.1. The van der Waals surface area contributed by atoms with Gasteiger partial charge < -0.3 is 14.9 Å². The minimum Gasteiger partial charge on any atom is -0.508 e. The van der Waals surface area contributed by atoms with E-state index < -0.39 is 11.4 Å². The third kappa shape index (κ3) is 2.04. The monoisotopic (exact) mass is 212 g/mol. The first-order valence-corrected chi connectivity index (χ1v) is 4.82. The van der Waals surface area contributed by atoms with Gasteiger partial charge in [-0.2, -0.15) is 0 Å². The van der Waals surface area contributed by atoms with Gasteiger partial charge in [0, 0.05) is 12.5 Å². The van der Waals surface area contributed by atoms with E-state index in [9.17, 15) is 14.6 Å². The Morgan fingerprint density at radius 3 is 2.67 bits per heavy atom. The molecule has 0 atom stereocenters. The molecule has 0 spiro atoms. The molecule has 0 bridgehead atoms. The highest BCUT2D eigenvalue weighted by Crippen LogP contribution is 2.40. The predicted molar refractivity (Wildman–Crippen MR) is 52.5 cm³/mol. The smallest absolute Gasteiger partial charge is 0.165 e. The Morgan fingerprint density at radius 1 is 1.47 bits per heavy atom. The van der Waals surface area contributed by atoms with Crippen LogP contribution in [-0.2, 0) is 6.42 Å². The summed E-state index contributed by atoms with van der Waals surface area (Å²) in [6.07, 6.45) is 1.71. The molecule has 1 aliphatic rings.